The molecule has 0 aliphatic heterocycles. The second-order valence-corrected chi connectivity index (χ2v) is 7.80. The first kappa shape index (κ1) is 21.5. The van der Waals surface area contributed by atoms with Crippen LogP contribution in [-0.2, 0) is 10.0 Å². The summed E-state index contributed by atoms with van der Waals surface area (Å²) in [6, 6.07) is 6.52. The van der Waals surface area contributed by atoms with Crippen LogP contribution < -0.4 is 15.8 Å². The monoisotopic (exact) mass is 486 g/mol. The largest absolute Gasteiger partial charge is 0.370 e. The predicted octanol–water partition coefficient (Wildman–Crippen LogP) is 2.47. The summed E-state index contributed by atoms with van der Waals surface area (Å²) in [5.74, 6) is 0.374. The van der Waals surface area contributed by atoms with E-state index in [2.05, 4.69) is 15.0 Å². The number of rotatable bonds is 6. The molecule has 136 valence electrons. The number of halogens is 2. The molecular weight excluding hydrogens is 463 g/mol. The number of hydrogen-bond acceptors (Lipinski definition) is 3. The minimum atomic E-state index is -3.57. The molecule has 0 radical (unpaired) electrons. The van der Waals surface area contributed by atoms with Gasteiger partial charge in [-0.1, -0.05) is 36.9 Å². The van der Waals surface area contributed by atoms with Crippen LogP contribution in [-0.4, -0.2) is 33.5 Å². The van der Waals surface area contributed by atoms with Gasteiger partial charge in [0.2, 0.25) is 10.0 Å². The smallest absolute Gasteiger partial charge is 0.240 e. The lowest BCUT2D eigenvalue weighted by atomic mass is 9.96. The van der Waals surface area contributed by atoms with Crippen molar-refractivity contribution < 1.29 is 8.42 Å². The van der Waals surface area contributed by atoms with Crippen molar-refractivity contribution in [3.63, 3.8) is 0 Å². The Hall–Kier alpha value is -0.580. The maximum Gasteiger partial charge on any atom is 0.240 e. The summed E-state index contributed by atoms with van der Waals surface area (Å²) in [6.07, 6.45) is 5.92. The molecule has 1 saturated carbocycles. The molecule has 0 atom stereocenters. The molecule has 4 N–H and O–H groups in total. The van der Waals surface area contributed by atoms with Gasteiger partial charge in [-0.25, -0.2) is 13.1 Å². The number of nitrogens with one attached hydrogen (secondary N) is 2. The maximum atomic E-state index is 12.1. The van der Waals surface area contributed by atoms with E-state index in [0.29, 0.717) is 17.0 Å². The van der Waals surface area contributed by atoms with Gasteiger partial charge in [0.15, 0.2) is 5.96 Å². The number of guanidine groups is 1. The van der Waals surface area contributed by atoms with Gasteiger partial charge in [-0.05, 0) is 31.0 Å². The fourth-order valence-electron chi connectivity index (χ4n) is 2.58. The fourth-order valence-corrected chi connectivity index (χ4v) is 3.90. The summed E-state index contributed by atoms with van der Waals surface area (Å²) in [7, 11) is -3.57. The number of hydrogen-bond donors (Lipinski definition) is 3. The highest BCUT2D eigenvalue weighted by molar-refractivity contribution is 14.0. The highest BCUT2D eigenvalue weighted by atomic mass is 127. The lowest BCUT2D eigenvalue weighted by molar-refractivity contribution is 0.412. The highest BCUT2D eigenvalue weighted by Crippen LogP contribution is 2.17. The van der Waals surface area contributed by atoms with Crippen molar-refractivity contribution in [2.75, 3.05) is 13.1 Å². The molecule has 24 heavy (non-hydrogen) atoms. The van der Waals surface area contributed by atoms with Crippen molar-refractivity contribution in [3.8, 4) is 0 Å². The zero-order chi connectivity index (χ0) is 16.7. The number of nitrogens with two attached hydrogens (primary N) is 1. The molecule has 0 spiro atoms. The van der Waals surface area contributed by atoms with Gasteiger partial charge in [0.25, 0.3) is 0 Å². The summed E-state index contributed by atoms with van der Waals surface area (Å²) in [6.45, 7) is 0.466. The lowest BCUT2D eigenvalue weighted by Gasteiger charge is -2.23. The first-order valence-electron chi connectivity index (χ1n) is 7.79. The van der Waals surface area contributed by atoms with Crippen LogP contribution in [0.5, 0.6) is 0 Å². The van der Waals surface area contributed by atoms with Crippen molar-refractivity contribution >= 4 is 51.6 Å². The molecule has 9 heteroatoms. The van der Waals surface area contributed by atoms with E-state index in [1.54, 1.807) is 12.1 Å². The second-order valence-electron chi connectivity index (χ2n) is 5.60. The normalized spacial score (nSPS) is 16.5. The summed E-state index contributed by atoms with van der Waals surface area (Å²) in [5, 5.41) is 3.57. The number of aliphatic imine (C=N–C) groups is 1. The quantitative estimate of drug-likeness (QED) is 0.249. The van der Waals surface area contributed by atoms with Gasteiger partial charge >= 0.3 is 0 Å². The van der Waals surface area contributed by atoms with Crippen LogP contribution in [0.1, 0.15) is 32.1 Å². The minimum absolute atomic E-state index is 0. The van der Waals surface area contributed by atoms with Crippen LogP contribution in [0.15, 0.2) is 34.2 Å². The zero-order valence-corrected chi connectivity index (χ0v) is 17.3. The Bertz CT molecular complexity index is 649. The zero-order valence-electron chi connectivity index (χ0n) is 13.4. The van der Waals surface area contributed by atoms with E-state index in [0.717, 1.165) is 12.8 Å². The third kappa shape index (κ3) is 7.12. The van der Waals surface area contributed by atoms with Gasteiger partial charge in [-0.2, -0.15) is 0 Å². The van der Waals surface area contributed by atoms with Crippen molar-refractivity contribution in [2.45, 2.75) is 43.0 Å². The van der Waals surface area contributed by atoms with E-state index in [4.69, 9.17) is 17.3 Å². The standard InChI is InChI=1S/C15H23ClN4O2S.HI/c16-12-5-4-8-14(11-12)23(21,22)19-10-9-18-15(17)20-13-6-2-1-3-7-13;/h4-5,8,11,13,19H,1-3,6-7,9-10H2,(H3,17,18,20);1H. The molecule has 0 aromatic heterocycles. The van der Waals surface area contributed by atoms with E-state index in [-0.39, 0.29) is 42.0 Å². The molecule has 0 unspecified atom stereocenters. The van der Waals surface area contributed by atoms with Crippen molar-refractivity contribution in [2.24, 2.45) is 10.7 Å². The Labute approximate surface area is 165 Å². The summed E-state index contributed by atoms with van der Waals surface area (Å²) < 4.78 is 26.6. The van der Waals surface area contributed by atoms with Crippen molar-refractivity contribution in [1.29, 1.82) is 0 Å². The number of benzene rings is 1. The van der Waals surface area contributed by atoms with Gasteiger partial charge < -0.3 is 11.1 Å². The second kappa shape index (κ2) is 10.4. The SMILES string of the molecule is I.NC(=NCCNS(=O)(=O)c1cccc(Cl)c1)NC1CCCCC1. The van der Waals surface area contributed by atoms with Crippen LogP contribution in [0.3, 0.4) is 0 Å². The summed E-state index contributed by atoms with van der Waals surface area (Å²) in [4.78, 5) is 4.30. The van der Waals surface area contributed by atoms with Crippen molar-refractivity contribution in [1.82, 2.24) is 10.0 Å². The van der Waals surface area contributed by atoms with Crippen LogP contribution in [0.2, 0.25) is 5.02 Å². The molecule has 0 amide bonds. The average Bonchev–Trinajstić information content (AvgIpc) is 2.53. The van der Waals surface area contributed by atoms with E-state index in [1.165, 1.54) is 31.4 Å². The first-order valence-corrected chi connectivity index (χ1v) is 9.65. The Balaban J connectivity index is 0.00000288. The maximum absolute atomic E-state index is 12.1. The van der Waals surface area contributed by atoms with Crippen LogP contribution in [0.25, 0.3) is 0 Å². The Morgan fingerprint density at radius 3 is 2.67 bits per heavy atom. The van der Waals surface area contributed by atoms with Crippen molar-refractivity contribution in [3.05, 3.63) is 29.3 Å². The van der Waals surface area contributed by atoms with E-state index < -0.39 is 10.0 Å². The molecule has 1 aliphatic carbocycles. The fraction of sp³-hybridized carbons (Fsp3) is 0.533. The molecule has 1 aromatic carbocycles. The molecular formula is C15H24ClIN4O2S. The van der Waals surface area contributed by atoms with E-state index in [1.807, 2.05) is 0 Å². The third-order valence-electron chi connectivity index (χ3n) is 3.75. The summed E-state index contributed by atoms with van der Waals surface area (Å²) in [5.41, 5.74) is 5.83. The van der Waals surface area contributed by atoms with Gasteiger partial charge in [0.1, 0.15) is 0 Å². The Morgan fingerprint density at radius 1 is 1.29 bits per heavy atom. The number of nitrogens with zero attached hydrogens (tertiary/aromatic N) is 1. The van der Waals surface area contributed by atoms with Crippen LogP contribution in [0, 0.1) is 0 Å². The first-order chi connectivity index (χ1) is 11.0. The van der Waals surface area contributed by atoms with Gasteiger partial charge in [-0.3, -0.25) is 4.99 Å². The summed E-state index contributed by atoms with van der Waals surface area (Å²) >= 11 is 5.81. The Morgan fingerprint density at radius 2 is 2.00 bits per heavy atom. The Kier molecular flexibility index (Phi) is 9.32. The molecule has 2 rings (SSSR count). The van der Waals surface area contributed by atoms with E-state index in [9.17, 15) is 8.42 Å². The van der Waals surface area contributed by atoms with Gasteiger partial charge in [-0.15, -0.1) is 24.0 Å². The predicted molar refractivity (Wildman–Crippen MR) is 109 cm³/mol. The van der Waals surface area contributed by atoms with Gasteiger partial charge in [0.05, 0.1) is 11.4 Å². The average molecular weight is 487 g/mol. The molecule has 1 aromatic rings. The topological polar surface area (TPSA) is 96.6 Å². The molecule has 1 fully saturated rings. The third-order valence-corrected chi connectivity index (χ3v) is 5.44. The molecule has 1 aliphatic rings. The minimum Gasteiger partial charge on any atom is -0.370 e. The molecule has 0 saturated heterocycles. The highest BCUT2D eigenvalue weighted by Gasteiger charge is 2.14. The molecule has 0 bridgehead atoms. The van der Waals surface area contributed by atoms with Crippen LogP contribution in [0.4, 0.5) is 0 Å². The van der Waals surface area contributed by atoms with E-state index >= 15 is 0 Å². The lowest BCUT2D eigenvalue weighted by Crippen LogP contribution is -2.41. The van der Waals surface area contributed by atoms with Gasteiger partial charge in [0, 0.05) is 17.6 Å². The van der Waals surface area contributed by atoms with Crippen LogP contribution >= 0.6 is 35.6 Å². The molecule has 0 heterocycles. The number of sulfonamides is 1. The molecule has 6 nitrogen and oxygen atoms in total.